The molecular weight excluding hydrogens is 260 g/mol. The number of nitrogens with two attached hydrogens (primary N) is 1. The number of benzene rings is 1. The lowest BCUT2D eigenvalue weighted by Gasteiger charge is -2.36. The lowest BCUT2D eigenvalue weighted by Crippen LogP contribution is -2.46. The van der Waals surface area contributed by atoms with E-state index in [0.717, 1.165) is 32.0 Å². The lowest BCUT2D eigenvalue weighted by molar-refractivity contribution is 0.647. The second-order valence-electron chi connectivity index (χ2n) is 5.54. The van der Waals surface area contributed by atoms with Crippen molar-refractivity contribution in [2.24, 2.45) is 5.73 Å². The van der Waals surface area contributed by atoms with E-state index in [2.05, 4.69) is 45.1 Å². The van der Waals surface area contributed by atoms with Crippen LogP contribution in [0.4, 0.5) is 11.5 Å². The summed E-state index contributed by atoms with van der Waals surface area (Å²) < 4.78 is 0. The standard InChI is InChI=1S/C17H22N4/c1-14(18)15-5-7-16(8-6-15)20-10-12-21(13-11-20)17-4-2-3-9-19-17/h2-9,14H,10-13,18H2,1H3/t14-/m0/s1. The molecule has 2 aromatic rings. The Morgan fingerprint density at radius 1 is 0.952 bits per heavy atom. The molecule has 0 saturated carbocycles. The topological polar surface area (TPSA) is 45.4 Å². The van der Waals surface area contributed by atoms with Crippen LogP contribution in [0.1, 0.15) is 18.5 Å². The Bertz CT molecular complexity index is 557. The fourth-order valence-corrected chi connectivity index (χ4v) is 2.72. The Morgan fingerprint density at radius 2 is 1.62 bits per heavy atom. The monoisotopic (exact) mass is 282 g/mol. The van der Waals surface area contributed by atoms with Crippen LogP contribution in [-0.2, 0) is 0 Å². The van der Waals surface area contributed by atoms with Crippen LogP contribution in [0.5, 0.6) is 0 Å². The zero-order chi connectivity index (χ0) is 14.7. The van der Waals surface area contributed by atoms with Gasteiger partial charge in [-0.3, -0.25) is 0 Å². The highest BCUT2D eigenvalue weighted by Gasteiger charge is 2.18. The molecule has 1 aromatic carbocycles. The number of rotatable bonds is 3. The number of pyridine rings is 1. The molecule has 0 bridgehead atoms. The van der Waals surface area contributed by atoms with E-state index < -0.39 is 0 Å². The number of hydrogen-bond donors (Lipinski definition) is 1. The molecule has 1 atom stereocenters. The van der Waals surface area contributed by atoms with Gasteiger partial charge in [0.05, 0.1) is 0 Å². The van der Waals surface area contributed by atoms with Crippen LogP contribution < -0.4 is 15.5 Å². The molecule has 110 valence electrons. The van der Waals surface area contributed by atoms with Gasteiger partial charge in [0, 0.05) is 44.1 Å². The summed E-state index contributed by atoms with van der Waals surface area (Å²) in [7, 11) is 0. The van der Waals surface area contributed by atoms with E-state index in [-0.39, 0.29) is 6.04 Å². The van der Waals surface area contributed by atoms with Gasteiger partial charge in [0.15, 0.2) is 0 Å². The molecule has 21 heavy (non-hydrogen) atoms. The van der Waals surface area contributed by atoms with Crippen molar-refractivity contribution in [1.82, 2.24) is 4.98 Å². The highest BCUT2D eigenvalue weighted by Crippen LogP contribution is 2.21. The van der Waals surface area contributed by atoms with Gasteiger partial charge in [0.1, 0.15) is 5.82 Å². The smallest absolute Gasteiger partial charge is 0.128 e. The van der Waals surface area contributed by atoms with Crippen LogP contribution >= 0.6 is 0 Å². The summed E-state index contributed by atoms with van der Waals surface area (Å²) in [5.74, 6) is 1.07. The van der Waals surface area contributed by atoms with Gasteiger partial charge in [-0.25, -0.2) is 4.98 Å². The van der Waals surface area contributed by atoms with Gasteiger partial charge < -0.3 is 15.5 Å². The molecule has 0 amide bonds. The quantitative estimate of drug-likeness (QED) is 0.939. The lowest BCUT2D eigenvalue weighted by atomic mass is 10.1. The molecule has 1 fully saturated rings. The second-order valence-corrected chi connectivity index (χ2v) is 5.54. The molecule has 1 saturated heterocycles. The van der Waals surface area contributed by atoms with Crippen LogP contribution in [0.15, 0.2) is 48.7 Å². The molecule has 4 heteroatoms. The highest BCUT2D eigenvalue weighted by molar-refractivity contribution is 5.50. The van der Waals surface area contributed by atoms with E-state index in [0.29, 0.717) is 0 Å². The fraction of sp³-hybridized carbons (Fsp3) is 0.353. The minimum absolute atomic E-state index is 0.0973. The third-order valence-corrected chi connectivity index (χ3v) is 4.04. The maximum Gasteiger partial charge on any atom is 0.128 e. The molecule has 1 aliphatic rings. The molecule has 0 unspecified atom stereocenters. The van der Waals surface area contributed by atoms with Gasteiger partial charge in [-0.05, 0) is 36.8 Å². The molecule has 0 spiro atoms. The van der Waals surface area contributed by atoms with Crippen molar-refractivity contribution >= 4 is 11.5 Å². The summed E-state index contributed by atoms with van der Waals surface area (Å²) in [4.78, 5) is 9.19. The van der Waals surface area contributed by atoms with Crippen LogP contribution in [0, 0.1) is 0 Å². The Balaban J connectivity index is 1.63. The number of nitrogens with zero attached hydrogens (tertiary/aromatic N) is 3. The Morgan fingerprint density at radius 3 is 2.19 bits per heavy atom. The van der Waals surface area contributed by atoms with Gasteiger partial charge >= 0.3 is 0 Å². The molecule has 0 radical (unpaired) electrons. The van der Waals surface area contributed by atoms with Gasteiger partial charge in [-0.1, -0.05) is 18.2 Å². The van der Waals surface area contributed by atoms with Crippen LogP contribution in [0.2, 0.25) is 0 Å². The number of aromatic nitrogens is 1. The van der Waals surface area contributed by atoms with Crippen LogP contribution in [0.25, 0.3) is 0 Å². The molecule has 1 aliphatic heterocycles. The third-order valence-electron chi connectivity index (χ3n) is 4.04. The van der Waals surface area contributed by atoms with Crippen molar-refractivity contribution in [2.75, 3.05) is 36.0 Å². The predicted molar refractivity (Wildman–Crippen MR) is 87.7 cm³/mol. The van der Waals surface area contributed by atoms with Gasteiger partial charge in [-0.2, -0.15) is 0 Å². The average molecular weight is 282 g/mol. The maximum absolute atomic E-state index is 5.90. The SMILES string of the molecule is C[C@H](N)c1ccc(N2CCN(c3ccccn3)CC2)cc1. The molecule has 0 aliphatic carbocycles. The first-order valence-electron chi connectivity index (χ1n) is 7.50. The van der Waals surface area contributed by atoms with E-state index in [4.69, 9.17) is 5.73 Å². The summed E-state index contributed by atoms with van der Waals surface area (Å²) in [6.45, 7) is 6.07. The van der Waals surface area contributed by atoms with Crippen molar-refractivity contribution in [3.05, 3.63) is 54.2 Å². The van der Waals surface area contributed by atoms with Crippen molar-refractivity contribution in [3.63, 3.8) is 0 Å². The van der Waals surface area contributed by atoms with E-state index in [1.54, 1.807) is 0 Å². The molecule has 3 rings (SSSR count). The molecular formula is C17H22N4. The predicted octanol–water partition coefficient (Wildman–Crippen LogP) is 2.43. The molecule has 4 nitrogen and oxygen atoms in total. The van der Waals surface area contributed by atoms with Crippen molar-refractivity contribution in [2.45, 2.75) is 13.0 Å². The van der Waals surface area contributed by atoms with Gasteiger partial charge in [0.25, 0.3) is 0 Å². The highest BCUT2D eigenvalue weighted by atomic mass is 15.3. The zero-order valence-electron chi connectivity index (χ0n) is 12.4. The first-order chi connectivity index (χ1) is 10.2. The Hall–Kier alpha value is -2.07. The van der Waals surface area contributed by atoms with Crippen molar-refractivity contribution in [3.8, 4) is 0 Å². The summed E-state index contributed by atoms with van der Waals surface area (Å²) in [6.07, 6.45) is 1.86. The number of hydrogen-bond acceptors (Lipinski definition) is 4. The average Bonchev–Trinajstić information content (AvgIpc) is 2.56. The first kappa shape index (κ1) is 13.9. The number of piperazine rings is 1. The summed E-state index contributed by atoms with van der Waals surface area (Å²) in [5, 5.41) is 0. The van der Waals surface area contributed by atoms with E-state index in [1.165, 1.54) is 11.3 Å². The summed E-state index contributed by atoms with van der Waals surface area (Å²) >= 11 is 0. The fourth-order valence-electron chi connectivity index (χ4n) is 2.72. The van der Waals surface area contributed by atoms with Crippen molar-refractivity contribution in [1.29, 1.82) is 0 Å². The minimum Gasteiger partial charge on any atom is -0.368 e. The largest absolute Gasteiger partial charge is 0.368 e. The van der Waals surface area contributed by atoms with E-state index in [9.17, 15) is 0 Å². The van der Waals surface area contributed by atoms with Gasteiger partial charge in [-0.15, -0.1) is 0 Å². The van der Waals surface area contributed by atoms with E-state index >= 15 is 0 Å². The molecule has 1 aromatic heterocycles. The normalized spacial score (nSPS) is 16.9. The zero-order valence-corrected chi connectivity index (χ0v) is 12.4. The Kier molecular flexibility index (Phi) is 4.06. The van der Waals surface area contributed by atoms with Crippen molar-refractivity contribution < 1.29 is 0 Å². The number of anilines is 2. The maximum atomic E-state index is 5.90. The van der Waals surface area contributed by atoms with Crippen LogP contribution in [-0.4, -0.2) is 31.2 Å². The Labute approximate surface area is 126 Å². The van der Waals surface area contributed by atoms with Gasteiger partial charge in [0.2, 0.25) is 0 Å². The third kappa shape index (κ3) is 3.16. The molecule has 2 heterocycles. The van der Waals surface area contributed by atoms with E-state index in [1.807, 2.05) is 25.3 Å². The summed E-state index contributed by atoms with van der Waals surface area (Å²) in [6, 6.07) is 14.8. The minimum atomic E-state index is 0.0973. The van der Waals surface area contributed by atoms with Crippen LogP contribution in [0.3, 0.4) is 0 Å². The second kappa shape index (κ2) is 6.14. The molecule has 2 N–H and O–H groups in total. The summed E-state index contributed by atoms with van der Waals surface area (Å²) in [5.41, 5.74) is 8.36. The first-order valence-corrected chi connectivity index (χ1v) is 7.50.